The van der Waals surface area contributed by atoms with Crippen molar-refractivity contribution < 1.29 is 0 Å². The molecule has 2 heterocycles. The summed E-state index contributed by atoms with van der Waals surface area (Å²) in [6.45, 7) is 2.36. The number of nitrogens with zero attached hydrogens (tertiary/aromatic N) is 2. The number of likely N-dealkylation sites (tertiary alicyclic amines) is 1. The van der Waals surface area contributed by atoms with Crippen molar-refractivity contribution in [2.75, 3.05) is 13.1 Å². The van der Waals surface area contributed by atoms with Gasteiger partial charge in [-0.15, -0.1) is 0 Å². The molecule has 0 amide bonds. The summed E-state index contributed by atoms with van der Waals surface area (Å²) < 4.78 is 0. The van der Waals surface area contributed by atoms with Crippen molar-refractivity contribution in [1.29, 1.82) is 0 Å². The molecule has 2 aromatic rings. The zero-order valence-electron chi connectivity index (χ0n) is 9.84. The summed E-state index contributed by atoms with van der Waals surface area (Å²) in [6.07, 6.45) is 6.31. The molecule has 1 aliphatic heterocycles. The fourth-order valence-electron chi connectivity index (χ4n) is 2.64. The summed E-state index contributed by atoms with van der Waals surface area (Å²) in [4.78, 5) is 9.95. The van der Waals surface area contributed by atoms with Gasteiger partial charge in [0.05, 0.1) is 18.1 Å². The molecule has 0 aliphatic carbocycles. The molecule has 1 aromatic heterocycles. The summed E-state index contributed by atoms with van der Waals surface area (Å²) in [5.74, 6) is 0. The maximum atomic E-state index is 4.16. The first-order chi connectivity index (χ1) is 8.45. The van der Waals surface area contributed by atoms with Crippen molar-refractivity contribution >= 4 is 0 Å². The normalized spacial score (nSPS) is 18.4. The summed E-state index contributed by atoms with van der Waals surface area (Å²) >= 11 is 0. The Bertz CT molecular complexity index is 444. The molecule has 3 nitrogen and oxygen atoms in total. The molecule has 1 atom stereocenters. The minimum Gasteiger partial charge on any atom is -0.347 e. The molecule has 0 spiro atoms. The van der Waals surface area contributed by atoms with Crippen molar-refractivity contribution in [2.45, 2.75) is 18.9 Å². The molecule has 1 unspecified atom stereocenters. The Labute approximate surface area is 101 Å². The Kier molecular flexibility index (Phi) is 2.92. The van der Waals surface area contributed by atoms with E-state index in [4.69, 9.17) is 0 Å². The topological polar surface area (TPSA) is 31.9 Å². The average Bonchev–Trinajstić information content (AvgIpc) is 3.04. The van der Waals surface area contributed by atoms with Crippen molar-refractivity contribution in [3.8, 4) is 0 Å². The summed E-state index contributed by atoms with van der Waals surface area (Å²) in [6, 6.07) is 11.0. The van der Waals surface area contributed by atoms with Crippen LogP contribution in [0.2, 0.25) is 0 Å². The lowest BCUT2D eigenvalue weighted by molar-refractivity contribution is 0.277. The number of hydrogen-bond acceptors (Lipinski definition) is 2. The minimum absolute atomic E-state index is 0.334. The minimum atomic E-state index is 0.334. The van der Waals surface area contributed by atoms with Crippen LogP contribution in [0, 0.1) is 0 Å². The van der Waals surface area contributed by atoms with Crippen molar-refractivity contribution in [1.82, 2.24) is 14.9 Å². The summed E-state index contributed by atoms with van der Waals surface area (Å²) in [5, 5.41) is 0. The van der Waals surface area contributed by atoms with Crippen molar-refractivity contribution in [3.63, 3.8) is 0 Å². The van der Waals surface area contributed by atoms with E-state index in [1.807, 2.05) is 6.20 Å². The number of aromatic nitrogens is 2. The highest BCUT2D eigenvalue weighted by molar-refractivity contribution is 5.26. The quantitative estimate of drug-likeness (QED) is 0.874. The van der Waals surface area contributed by atoms with E-state index in [0.717, 1.165) is 0 Å². The lowest BCUT2D eigenvalue weighted by Gasteiger charge is -2.26. The molecule has 0 radical (unpaired) electrons. The third-order valence-electron chi connectivity index (χ3n) is 3.44. The zero-order valence-corrected chi connectivity index (χ0v) is 9.84. The van der Waals surface area contributed by atoms with Gasteiger partial charge in [0.2, 0.25) is 0 Å². The van der Waals surface area contributed by atoms with Gasteiger partial charge in [-0.05, 0) is 31.5 Å². The van der Waals surface area contributed by atoms with E-state index < -0.39 is 0 Å². The monoisotopic (exact) mass is 227 g/mol. The lowest BCUT2D eigenvalue weighted by Crippen LogP contribution is -2.26. The Morgan fingerprint density at radius 3 is 2.53 bits per heavy atom. The number of nitrogens with one attached hydrogen (secondary N) is 1. The molecule has 1 aliphatic rings. The molecule has 1 saturated heterocycles. The van der Waals surface area contributed by atoms with Gasteiger partial charge in [-0.25, -0.2) is 4.98 Å². The molecule has 1 aromatic carbocycles. The summed E-state index contributed by atoms with van der Waals surface area (Å²) in [7, 11) is 0. The first kappa shape index (κ1) is 10.5. The van der Waals surface area contributed by atoms with E-state index in [0.29, 0.717) is 6.04 Å². The molecule has 17 heavy (non-hydrogen) atoms. The number of aromatic amines is 1. The number of rotatable bonds is 3. The highest BCUT2D eigenvalue weighted by atomic mass is 15.2. The van der Waals surface area contributed by atoms with Gasteiger partial charge in [-0.2, -0.15) is 0 Å². The molecule has 88 valence electrons. The highest BCUT2D eigenvalue weighted by Crippen LogP contribution is 2.29. The van der Waals surface area contributed by atoms with Crippen LogP contribution in [0.1, 0.15) is 30.1 Å². The van der Waals surface area contributed by atoms with E-state index in [1.165, 1.54) is 37.2 Å². The zero-order chi connectivity index (χ0) is 11.5. The first-order valence-corrected chi connectivity index (χ1v) is 6.22. The molecular formula is C14H17N3. The summed E-state index contributed by atoms with van der Waals surface area (Å²) in [5.41, 5.74) is 2.54. The molecule has 3 heteroatoms. The molecular weight excluding hydrogens is 210 g/mol. The van der Waals surface area contributed by atoms with Crippen LogP contribution in [0.25, 0.3) is 0 Å². The second kappa shape index (κ2) is 4.72. The van der Waals surface area contributed by atoms with E-state index in [9.17, 15) is 0 Å². The van der Waals surface area contributed by atoms with Gasteiger partial charge in [0.15, 0.2) is 0 Å². The van der Waals surface area contributed by atoms with Gasteiger partial charge in [0.1, 0.15) is 0 Å². The fraction of sp³-hybridized carbons (Fsp3) is 0.357. The predicted octanol–water partition coefficient (Wildman–Crippen LogP) is 2.59. The smallest absolute Gasteiger partial charge is 0.0922 e. The molecule has 1 N–H and O–H groups in total. The Morgan fingerprint density at radius 1 is 1.12 bits per heavy atom. The van der Waals surface area contributed by atoms with E-state index in [2.05, 4.69) is 45.2 Å². The van der Waals surface area contributed by atoms with Gasteiger partial charge >= 0.3 is 0 Å². The number of H-pyrrole nitrogens is 1. The van der Waals surface area contributed by atoms with Gasteiger partial charge in [0.25, 0.3) is 0 Å². The van der Waals surface area contributed by atoms with Gasteiger partial charge in [-0.1, -0.05) is 30.3 Å². The van der Waals surface area contributed by atoms with Crippen LogP contribution in [-0.4, -0.2) is 28.0 Å². The Balaban J connectivity index is 1.96. The second-order valence-corrected chi connectivity index (χ2v) is 4.56. The largest absolute Gasteiger partial charge is 0.347 e. The maximum absolute atomic E-state index is 4.16. The van der Waals surface area contributed by atoms with E-state index in [1.54, 1.807) is 6.33 Å². The van der Waals surface area contributed by atoms with E-state index >= 15 is 0 Å². The third kappa shape index (κ3) is 2.11. The van der Waals surface area contributed by atoms with Gasteiger partial charge in [0, 0.05) is 6.20 Å². The van der Waals surface area contributed by atoms with Crippen LogP contribution < -0.4 is 0 Å². The average molecular weight is 227 g/mol. The highest BCUT2D eigenvalue weighted by Gasteiger charge is 2.25. The van der Waals surface area contributed by atoms with Crippen LogP contribution >= 0.6 is 0 Å². The van der Waals surface area contributed by atoms with Crippen LogP contribution in [0.3, 0.4) is 0 Å². The van der Waals surface area contributed by atoms with Crippen LogP contribution in [0.5, 0.6) is 0 Å². The predicted molar refractivity (Wildman–Crippen MR) is 67.7 cm³/mol. The first-order valence-electron chi connectivity index (χ1n) is 6.22. The van der Waals surface area contributed by atoms with Gasteiger partial charge < -0.3 is 4.98 Å². The van der Waals surface area contributed by atoms with E-state index in [-0.39, 0.29) is 0 Å². The number of benzene rings is 1. The van der Waals surface area contributed by atoms with Crippen LogP contribution in [0.4, 0.5) is 0 Å². The molecule has 0 saturated carbocycles. The maximum Gasteiger partial charge on any atom is 0.0922 e. The molecule has 0 bridgehead atoms. The molecule has 3 rings (SSSR count). The third-order valence-corrected chi connectivity index (χ3v) is 3.44. The number of hydrogen-bond donors (Lipinski definition) is 1. The fourth-order valence-corrected chi connectivity index (χ4v) is 2.64. The lowest BCUT2D eigenvalue weighted by atomic mass is 10.0. The second-order valence-electron chi connectivity index (χ2n) is 4.56. The Hall–Kier alpha value is -1.61. The standard InChI is InChI=1S/C14H17N3/c1-2-6-12(7-3-1)14(13-10-15-11-16-13)17-8-4-5-9-17/h1-3,6-7,10-11,14H,4-5,8-9H2,(H,15,16). The van der Waals surface area contributed by atoms with Crippen LogP contribution in [0.15, 0.2) is 42.9 Å². The van der Waals surface area contributed by atoms with Crippen LogP contribution in [-0.2, 0) is 0 Å². The van der Waals surface area contributed by atoms with Crippen molar-refractivity contribution in [3.05, 3.63) is 54.1 Å². The molecule has 1 fully saturated rings. The Morgan fingerprint density at radius 2 is 1.88 bits per heavy atom. The van der Waals surface area contributed by atoms with Gasteiger partial charge in [-0.3, -0.25) is 4.90 Å². The SMILES string of the molecule is c1ccc(C(c2cnc[nH]2)N2CCCC2)cc1. The van der Waals surface area contributed by atoms with Crippen molar-refractivity contribution in [2.24, 2.45) is 0 Å². The number of imidazole rings is 1.